The van der Waals surface area contributed by atoms with Gasteiger partial charge < -0.3 is 24.7 Å². The molecule has 30 heavy (non-hydrogen) atoms. The lowest BCUT2D eigenvalue weighted by molar-refractivity contribution is -0.137. The van der Waals surface area contributed by atoms with Crippen LogP contribution in [-0.4, -0.2) is 66.8 Å². The van der Waals surface area contributed by atoms with Crippen LogP contribution in [0.25, 0.3) is 10.9 Å². The summed E-state index contributed by atoms with van der Waals surface area (Å²) in [6, 6.07) is 8.18. The van der Waals surface area contributed by atoms with E-state index in [0.717, 1.165) is 18.4 Å². The molecule has 0 radical (unpaired) electrons. The molecule has 2 N–H and O–H groups in total. The van der Waals surface area contributed by atoms with E-state index in [-0.39, 0.29) is 17.9 Å². The molecule has 3 aliphatic heterocycles. The number of ether oxygens (including phenoxy) is 2. The van der Waals surface area contributed by atoms with E-state index in [9.17, 15) is 9.59 Å². The van der Waals surface area contributed by atoms with Gasteiger partial charge in [0.05, 0.1) is 24.5 Å². The van der Waals surface area contributed by atoms with E-state index in [2.05, 4.69) is 22.4 Å². The first-order chi connectivity index (χ1) is 14.6. The third-order valence-electron chi connectivity index (χ3n) is 6.63. The van der Waals surface area contributed by atoms with E-state index >= 15 is 0 Å². The number of nitrogens with one attached hydrogen (secondary N) is 2. The number of methoxy groups -OCH3 is 1. The zero-order valence-corrected chi connectivity index (χ0v) is 17.1. The Morgan fingerprint density at radius 1 is 1.40 bits per heavy atom. The molecule has 0 aliphatic carbocycles. The largest absolute Gasteiger partial charge is 0.385 e. The Bertz CT molecular complexity index is 999. The van der Waals surface area contributed by atoms with Crippen LogP contribution in [0.4, 0.5) is 0 Å². The number of fused-ring (bicyclic) bond motifs is 2. The van der Waals surface area contributed by atoms with E-state index in [1.165, 1.54) is 10.9 Å². The van der Waals surface area contributed by atoms with Gasteiger partial charge in [0.1, 0.15) is 5.60 Å². The number of carbonyl (C=O) groups is 2. The van der Waals surface area contributed by atoms with Crippen LogP contribution in [0.1, 0.15) is 12.0 Å². The summed E-state index contributed by atoms with van der Waals surface area (Å²) in [6.07, 6.45) is 7.17. The summed E-state index contributed by atoms with van der Waals surface area (Å²) in [5, 5.41) is 4.14. The van der Waals surface area contributed by atoms with E-state index in [0.29, 0.717) is 26.2 Å². The standard InChI is InChI=1S/C23H27N3O4/c1-29-12-4-10-24-21(27)19-18-7-9-23(30-18)14-26(22(28)20(19)23)11-8-15-13-25-17-6-3-2-5-16(15)17/h2-3,5-7,9,13,18-20,25H,4,8,10-12,14H2,1H3,(H,24,27)/t18-,19-,20-,23-/m0/s1. The molecule has 2 saturated heterocycles. The van der Waals surface area contributed by atoms with E-state index in [4.69, 9.17) is 9.47 Å². The molecule has 4 heterocycles. The number of aromatic nitrogens is 1. The quantitative estimate of drug-likeness (QED) is 0.513. The number of hydrogen-bond acceptors (Lipinski definition) is 4. The lowest BCUT2D eigenvalue weighted by Gasteiger charge is -2.23. The molecule has 5 rings (SSSR count). The lowest BCUT2D eigenvalue weighted by Crippen LogP contribution is -2.44. The van der Waals surface area contributed by atoms with Crippen molar-refractivity contribution in [2.45, 2.75) is 24.5 Å². The molecule has 7 nitrogen and oxygen atoms in total. The van der Waals surface area contributed by atoms with Gasteiger partial charge in [0.25, 0.3) is 0 Å². The maximum Gasteiger partial charge on any atom is 0.230 e. The highest BCUT2D eigenvalue weighted by molar-refractivity contribution is 5.93. The Kier molecular flexibility index (Phi) is 4.87. The topological polar surface area (TPSA) is 83.7 Å². The van der Waals surface area contributed by atoms with Crippen LogP contribution in [0, 0.1) is 11.8 Å². The first-order valence-electron chi connectivity index (χ1n) is 10.6. The van der Waals surface area contributed by atoms with E-state index < -0.39 is 17.4 Å². The fourth-order valence-electron chi connectivity index (χ4n) is 5.21. The Hall–Kier alpha value is -2.64. The van der Waals surface area contributed by atoms with Crippen molar-refractivity contribution in [3.8, 4) is 0 Å². The third-order valence-corrected chi connectivity index (χ3v) is 6.63. The molecule has 0 saturated carbocycles. The number of likely N-dealkylation sites (tertiary alicyclic amines) is 1. The molecule has 7 heteroatoms. The Labute approximate surface area is 175 Å². The van der Waals surface area contributed by atoms with Gasteiger partial charge in [-0.3, -0.25) is 9.59 Å². The molecule has 1 spiro atoms. The molecule has 2 amide bonds. The summed E-state index contributed by atoms with van der Waals surface area (Å²) in [6.45, 7) is 2.26. The molecule has 2 aromatic rings. The van der Waals surface area contributed by atoms with Gasteiger partial charge in [-0.05, 0) is 24.5 Å². The van der Waals surface area contributed by atoms with Crippen molar-refractivity contribution in [3.05, 3.63) is 48.2 Å². The molecule has 1 aromatic carbocycles. The van der Waals surface area contributed by atoms with E-state index in [1.54, 1.807) is 7.11 Å². The number of H-pyrrole nitrogens is 1. The molecule has 1 aromatic heterocycles. The SMILES string of the molecule is COCCCNC(=O)[C@H]1[C@@H]2C=C[C@@]3(CN(CCc4c[nH]c5ccccc45)C(=O)[C@H]13)O2. The lowest BCUT2D eigenvalue weighted by atomic mass is 9.77. The van der Waals surface area contributed by atoms with Crippen molar-refractivity contribution >= 4 is 22.7 Å². The second-order valence-corrected chi connectivity index (χ2v) is 8.41. The molecule has 0 unspecified atom stereocenters. The van der Waals surface area contributed by atoms with Crippen LogP contribution >= 0.6 is 0 Å². The second-order valence-electron chi connectivity index (χ2n) is 8.41. The fraction of sp³-hybridized carbons (Fsp3) is 0.478. The number of nitrogens with zero attached hydrogens (tertiary/aromatic N) is 1. The second kappa shape index (κ2) is 7.56. The molecule has 2 fully saturated rings. The highest BCUT2D eigenvalue weighted by Gasteiger charge is 2.66. The Balaban J connectivity index is 1.27. The van der Waals surface area contributed by atoms with Crippen molar-refractivity contribution < 1.29 is 19.1 Å². The summed E-state index contributed by atoms with van der Waals surface area (Å²) >= 11 is 0. The van der Waals surface area contributed by atoms with Gasteiger partial charge in [0.15, 0.2) is 0 Å². The predicted molar refractivity (Wildman–Crippen MR) is 112 cm³/mol. The monoisotopic (exact) mass is 409 g/mol. The highest BCUT2D eigenvalue weighted by atomic mass is 16.5. The van der Waals surface area contributed by atoms with Gasteiger partial charge in [0.2, 0.25) is 11.8 Å². The summed E-state index contributed by atoms with van der Waals surface area (Å²) in [5.41, 5.74) is 1.64. The minimum Gasteiger partial charge on any atom is -0.385 e. The maximum atomic E-state index is 13.3. The minimum absolute atomic E-state index is 0.0266. The third kappa shape index (κ3) is 3.04. The van der Waals surface area contributed by atoms with Crippen LogP contribution in [0.3, 0.4) is 0 Å². The van der Waals surface area contributed by atoms with Crippen molar-refractivity contribution in [3.63, 3.8) is 0 Å². The number of benzene rings is 1. The van der Waals surface area contributed by atoms with Crippen LogP contribution < -0.4 is 5.32 Å². The summed E-state index contributed by atoms with van der Waals surface area (Å²) in [5.74, 6) is -0.959. The number of carbonyl (C=O) groups excluding carboxylic acids is 2. The zero-order chi connectivity index (χ0) is 20.7. The van der Waals surface area contributed by atoms with Crippen LogP contribution in [0.2, 0.25) is 0 Å². The summed E-state index contributed by atoms with van der Waals surface area (Å²) in [4.78, 5) is 31.3. The van der Waals surface area contributed by atoms with Crippen molar-refractivity contribution in [1.82, 2.24) is 15.2 Å². The minimum atomic E-state index is -0.656. The smallest absolute Gasteiger partial charge is 0.230 e. The number of amides is 2. The van der Waals surface area contributed by atoms with Crippen molar-refractivity contribution in [2.75, 3.05) is 33.4 Å². The van der Waals surface area contributed by atoms with Gasteiger partial charge in [-0.25, -0.2) is 0 Å². The van der Waals surface area contributed by atoms with Crippen LogP contribution in [-0.2, 0) is 25.5 Å². The van der Waals surface area contributed by atoms with Gasteiger partial charge in [-0.2, -0.15) is 0 Å². The predicted octanol–water partition coefficient (Wildman–Crippen LogP) is 1.65. The zero-order valence-electron chi connectivity index (χ0n) is 17.1. The van der Waals surface area contributed by atoms with Crippen LogP contribution in [0.5, 0.6) is 0 Å². The molecular formula is C23H27N3O4. The average molecular weight is 409 g/mol. The number of rotatable bonds is 8. The number of para-hydroxylation sites is 1. The van der Waals surface area contributed by atoms with Gasteiger partial charge >= 0.3 is 0 Å². The van der Waals surface area contributed by atoms with Gasteiger partial charge in [-0.15, -0.1) is 0 Å². The Morgan fingerprint density at radius 3 is 3.13 bits per heavy atom. The highest BCUT2D eigenvalue weighted by Crippen LogP contribution is 2.51. The van der Waals surface area contributed by atoms with Crippen molar-refractivity contribution in [1.29, 1.82) is 0 Å². The molecule has 3 aliphatic rings. The Morgan fingerprint density at radius 2 is 2.27 bits per heavy atom. The average Bonchev–Trinajstić information content (AvgIpc) is 3.49. The normalized spacial score (nSPS) is 29.2. The number of hydrogen-bond donors (Lipinski definition) is 2. The maximum absolute atomic E-state index is 13.3. The summed E-state index contributed by atoms with van der Waals surface area (Å²) < 4.78 is 11.2. The molecule has 4 atom stereocenters. The first-order valence-corrected chi connectivity index (χ1v) is 10.6. The summed E-state index contributed by atoms with van der Waals surface area (Å²) in [7, 11) is 1.64. The van der Waals surface area contributed by atoms with E-state index in [1.807, 2.05) is 35.4 Å². The first kappa shape index (κ1) is 19.3. The van der Waals surface area contributed by atoms with Crippen LogP contribution in [0.15, 0.2) is 42.6 Å². The van der Waals surface area contributed by atoms with Gasteiger partial charge in [-0.1, -0.05) is 30.4 Å². The number of aromatic amines is 1. The molecule has 158 valence electrons. The van der Waals surface area contributed by atoms with Crippen molar-refractivity contribution in [2.24, 2.45) is 11.8 Å². The molecular weight excluding hydrogens is 382 g/mol. The molecule has 2 bridgehead atoms. The van der Waals surface area contributed by atoms with Gasteiger partial charge in [0, 0.05) is 43.9 Å². The fourth-order valence-corrected chi connectivity index (χ4v) is 5.21.